The molecule has 2 aromatic carbocycles. The average molecular weight is 419 g/mol. The van der Waals surface area contributed by atoms with Gasteiger partial charge in [0, 0.05) is 23.8 Å². The Kier molecular flexibility index (Phi) is 3.90. The lowest BCUT2D eigenvalue weighted by atomic mass is 9.75. The molecule has 0 unspecified atom stereocenters. The minimum absolute atomic E-state index is 0.178. The number of carbonyl (C=O) groups excluding carboxylic acids is 3. The van der Waals surface area contributed by atoms with Crippen LogP contribution in [0, 0.1) is 17.7 Å². The van der Waals surface area contributed by atoms with E-state index in [9.17, 15) is 18.8 Å². The molecule has 3 fully saturated rings. The van der Waals surface area contributed by atoms with Crippen LogP contribution in [0.5, 0.6) is 0 Å². The number of likely N-dealkylation sites (tertiary alicyclic amines) is 1. The van der Waals surface area contributed by atoms with Crippen molar-refractivity contribution in [2.24, 2.45) is 11.8 Å². The van der Waals surface area contributed by atoms with Crippen molar-refractivity contribution in [1.82, 2.24) is 9.80 Å². The van der Waals surface area contributed by atoms with Gasteiger partial charge in [-0.15, -0.1) is 0 Å². The highest BCUT2D eigenvalue weighted by molar-refractivity contribution is 6.15. The summed E-state index contributed by atoms with van der Waals surface area (Å²) in [6.45, 7) is 0.903. The SMILES string of the molecule is O=C1[C@H]2[C@@H](C(=O)N1CCc1ccccc1)[C@@]1(C(=O)Nc3ccc(F)cc31)N1CCC[C@@H]21. The molecule has 6 rings (SSSR count). The van der Waals surface area contributed by atoms with Crippen LogP contribution < -0.4 is 5.32 Å². The fourth-order valence-corrected chi connectivity index (χ4v) is 6.34. The molecule has 1 N–H and O–H groups in total. The topological polar surface area (TPSA) is 69.7 Å². The third-order valence-electron chi connectivity index (χ3n) is 7.51. The van der Waals surface area contributed by atoms with Gasteiger partial charge >= 0.3 is 0 Å². The molecule has 0 aromatic heterocycles. The smallest absolute Gasteiger partial charge is 0.250 e. The Balaban J connectivity index is 1.43. The van der Waals surface area contributed by atoms with Gasteiger partial charge in [-0.25, -0.2) is 4.39 Å². The number of nitrogens with one attached hydrogen (secondary N) is 1. The molecule has 1 spiro atoms. The lowest BCUT2D eigenvalue weighted by molar-refractivity contribution is -0.145. The number of halogens is 1. The fraction of sp³-hybridized carbons (Fsp3) is 0.375. The van der Waals surface area contributed by atoms with Gasteiger partial charge in [-0.05, 0) is 49.6 Å². The van der Waals surface area contributed by atoms with Crippen LogP contribution in [0.4, 0.5) is 10.1 Å². The van der Waals surface area contributed by atoms with Gasteiger partial charge in [0.2, 0.25) is 17.7 Å². The number of amides is 3. The zero-order valence-corrected chi connectivity index (χ0v) is 16.9. The normalized spacial score (nSPS) is 31.3. The van der Waals surface area contributed by atoms with Crippen molar-refractivity contribution in [3.05, 3.63) is 65.5 Å². The van der Waals surface area contributed by atoms with Crippen LogP contribution in [-0.4, -0.2) is 46.7 Å². The van der Waals surface area contributed by atoms with E-state index in [-0.39, 0.29) is 30.3 Å². The molecule has 4 heterocycles. The van der Waals surface area contributed by atoms with Gasteiger partial charge in [-0.1, -0.05) is 30.3 Å². The third-order valence-corrected chi connectivity index (χ3v) is 7.51. The van der Waals surface area contributed by atoms with Crippen molar-refractivity contribution in [2.75, 3.05) is 18.4 Å². The number of rotatable bonds is 3. The number of benzene rings is 2. The van der Waals surface area contributed by atoms with Gasteiger partial charge < -0.3 is 5.32 Å². The van der Waals surface area contributed by atoms with Crippen LogP contribution in [0.3, 0.4) is 0 Å². The number of imide groups is 1. The molecule has 0 saturated carbocycles. The first kappa shape index (κ1) is 18.7. The molecule has 4 atom stereocenters. The van der Waals surface area contributed by atoms with Crippen molar-refractivity contribution in [3.8, 4) is 0 Å². The van der Waals surface area contributed by atoms with Crippen molar-refractivity contribution in [2.45, 2.75) is 30.8 Å². The van der Waals surface area contributed by atoms with Gasteiger partial charge in [0.1, 0.15) is 11.4 Å². The first-order chi connectivity index (χ1) is 15.0. The molecule has 0 aliphatic carbocycles. The maximum atomic E-state index is 14.3. The maximum absolute atomic E-state index is 14.3. The monoisotopic (exact) mass is 419 g/mol. The Morgan fingerprint density at radius 2 is 1.87 bits per heavy atom. The molecule has 6 nitrogen and oxygen atoms in total. The summed E-state index contributed by atoms with van der Waals surface area (Å²) in [4.78, 5) is 43.9. The van der Waals surface area contributed by atoms with Crippen LogP contribution in [0.1, 0.15) is 24.0 Å². The van der Waals surface area contributed by atoms with E-state index in [2.05, 4.69) is 5.32 Å². The van der Waals surface area contributed by atoms with E-state index in [4.69, 9.17) is 0 Å². The molecule has 4 aliphatic rings. The number of fused-ring (bicyclic) bond motifs is 7. The average Bonchev–Trinajstić information content (AvgIpc) is 3.47. The Bertz CT molecular complexity index is 1120. The molecular weight excluding hydrogens is 397 g/mol. The van der Waals surface area contributed by atoms with E-state index in [1.165, 1.54) is 17.0 Å². The second-order valence-corrected chi connectivity index (χ2v) is 8.88. The highest BCUT2D eigenvalue weighted by Gasteiger charge is 2.74. The molecule has 31 heavy (non-hydrogen) atoms. The minimum Gasteiger partial charge on any atom is -0.324 e. The summed E-state index contributed by atoms with van der Waals surface area (Å²) in [5.41, 5.74) is 0.754. The van der Waals surface area contributed by atoms with E-state index >= 15 is 0 Å². The van der Waals surface area contributed by atoms with Crippen LogP contribution >= 0.6 is 0 Å². The first-order valence-electron chi connectivity index (χ1n) is 10.8. The summed E-state index contributed by atoms with van der Waals surface area (Å²) < 4.78 is 14.3. The molecule has 0 radical (unpaired) electrons. The minimum atomic E-state index is -1.31. The highest BCUT2D eigenvalue weighted by atomic mass is 19.1. The summed E-state index contributed by atoms with van der Waals surface area (Å²) in [6.07, 6.45) is 2.17. The van der Waals surface area contributed by atoms with Crippen LogP contribution in [0.25, 0.3) is 0 Å². The van der Waals surface area contributed by atoms with E-state index in [1.807, 2.05) is 35.2 Å². The van der Waals surface area contributed by atoms with E-state index < -0.39 is 23.2 Å². The summed E-state index contributed by atoms with van der Waals surface area (Å²) >= 11 is 0. The van der Waals surface area contributed by atoms with Crippen LogP contribution in [-0.2, 0) is 26.3 Å². The van der Waals surface area contributed by atoms with Gasteiger partial charge in [0.15, 0.2) is 0 Å². The molecular formula is C24H22FN3O3. The molecule has 7 heteroatoms. The molecule has 4 aliphatic heterocycles. The third kappa shape index (κ3) is 2.32. The molecule has 3 amide bonds. The van der Waals surface area contributed by atoms with Gasteiger partial charge in [-0.2, -0.15) is 0 Å². The van der Waals surface area contributed by atoms with Crippen molar-refractivity contribution < 1.29 is 18.8 Å². The Morgan fingerprint density at radius 1 is 1.06 bits per heavy atom. The summed E-state index contributed by atoms with van der Waals surface area (Å²) in [5.74, 6) is -2.66. The number of carbonyl (C=O) groups is 3. The Hall–Kier alpha value is -3.06. The largest absolute Gasteiger partial charge is 0.324 e. The molecule has 0 bridgehead atoms. The maximum Gasteiger partial charge on any atom is 0.250 e. The van der Waals surface area contributed by atoms with Crippen LogP contribution in [0.2, 0.25) is 0 Å². The van der Waals surface area contributed by atoms with Gasteiger partial charge in [0.25, 0.3) is 0 Å². The number of nitrogens with zero attached hydrogens (tertiary/aromatic N) is 2. The van der Waals surface area contributed by atoms with Crippen LogP contribution in [0.15, 0.2) is 48.5 Å². The Morgan fingerprint density at radius 3 is 2.68 bits per heavy atom. The number of hydrogen-bond donors (Lipinski definition) is 1. The van der Waals surface area contributed by atoms with Gasteiger partial charge in [0.05, 0.1) is 11.8 Å². The summed E-state index contributed by atoms with van der Waals surface area (Å²) in [5, 5.41) is 2.86. The standard InChI is InChI=1S/C24H22FN3O3/c25-15-8-9-17-16(13-15)24(23(31)26-17)20-19(18-7-4-11-28(18)24)21(29)27(22(20)30)12-10-14-5-2-1-3-6-14/h1-3,5-6,8-9,13,18-20H,4,7,10-12H2,(H,26,31)/t18-,19+,20-,24-/m0/s1. The van der Waals surface area contributed by atoms with Crippen molar-refractivity contribution in [3.63, 3.8) is 0 Å². The predicted octanol–water partition coefficient (Wildman–Crippen LogP) is 2.29. The lowest BCUT2D eigenvalue weighted by Crippen LogP contribution is -2.54. The first-order valence-corrected chi connectivity index (χ1v) is 10.8. The predicted molar refractivity (Wildman–Crippen MR) is 110 cm³/mol. The van der Waals surface area contributed by atoms with Crippen molar-refractivity contribution >= 4 is 23.4 Å². The summed E-state index contributed by atoms with van der Waals surface area (Å²) in [6, 6.07) is 13.7. The highest BCUT2D eigenvalue weighted by Crippen LogP contribution is 2.60. The molecule has 2 aromatic rings. The van der Waals surface area contributed by atoms with E-state index in [1.54, 1.807) is 6.07 Å². The lowest BCUT2D eigenvalue weighted by Gasteiger charge is -2.36. The van der Waals surface area contributed by atoms with Gasteiger partial charge in [-0.3, -0.25) is 24.2 Å². The quantitative estimate of drug-likeness (QED) is 0.776. The zero-order chi connectivity index (χ0) is 21.3. The second kappa shape index (κ2) is 6.47. The zero-order valence-electron chi connectivity index (χ0n) is 16.9. The number of anilines is 1. The van der Waals surface area contributed by atoms with E-state index in [0.717, 1.165) is 18.4 Å². The molecule has 158 valence electrons. The molecule has 3 saturated heterocycles. The Labute approximate surface area is 179 Å². The second-order valence-electron chi connectivity index (χ2n) is 8.88. The van der Waals surface area contributed by atoms with E-state index in [0.29, 0.717) is 24.2 Å². The number of hydrogen-bond acceptors (Lipinski definition) is 4. The summed E-state index contributed by atoms with van der Waals surface area (Å²) in [7, 11) is 0. The fourth-order valence-electron chi connectivity index (χ4n) is 6.34. The van der Waals surface area contributed by atoms with Crippen molar-refractivity contribution in [1.29, 1.82) is 0 Å².